The molecule has 1 aromatic heterocycles. The van der Waals surface area contributed by atoms with Gasteiger partial charge >= 0.3 is 0 Å². The lowest BCUT2D eigenvalue weighted by Gasteiger charge is -2.19. The molecule has 1 unspecified atom stereocenters. The summed E-state index contributed by atoms with van der Waals surface area (Å²) in [5.41, 5.74) is 1.34. The first kappa shape index (κ1) is 26.6. The molecule has 0 saturated carbocycles. The maximum Gasteiger partial charge on any atom is 0.251 e. The number of hydrogen-bond donors (Lipinski definition) is 2. The summed E-state index contributed by atoms with van der Waals surface area (Å²) in [4.78, 5) is 25.2. The first-order valence-corrected chi connectivity index (χ1v) is 13.8. The van der Waals surface area contributed by atoms with Crippen LogP contribution in [0.5, 0.6) is 5.75 Å². The third kappa shape index (κ3) is 7.76. The van der Waals surface area contributed by atoms with Gasteiger partial charge in [-0.2, -0.15) is 11.8 Å². The van der Waals surface area contributed by atoms with E-state index in [2.05, 4.69) is 20.8 Å². The Bertz CT molecular complexity index is 1090. The van der Waals surface area contributed by atoms with Crippen molar-refractivity contribution in [3.05, 3.63) is 66.0 Å². The summed E-state index contributed by atoms with van der Waals surface area (Å²) < 4.78 is 7.19. The minimum atomic E-state index is -0.278. The number of benzene rings is 2. The number of aromatic nitrogens is 3. The molecule has 3 aromatic rings. The van der Waals surface area contributed by atoms with Crippen molar-refractivity contribution in [3.63, 3.8) is 0 Å². The van der Waals surface area contributed by atoms with Gasteiger partial charge in [-0.3, -0.25) is 9.59 Å². The number of carbonyl (C=O) groups excluding carboxylic acids is 2. The second-order valence-corrected chi connectivity index (χ2v) is 9.68. The number of carbonyl (C=O) groups is 2. The molecule has 186 valence electrons. The Morgan fingerprint density at radius 1 is 1.06 bits per heavy atom. The van der Waals surface area contributed by atoms with Gasteiger partial charge in [0.2, 0.25) is 5.91 Å². The fourth-order valence-corrected chi connectivity index (χ4v) is 4.85. The molecule has 2 N–H and O–H groups in total. The number of nitrogens with zero attached hydrogens (tertiary/aromatic N) is 3. The van der Waals surface area contributed by atoms with Crippen molar-refractivity contribution in [1.29, 1.82) is 0 Å². The Kier molecular flexibility index (Phi) is 10.5. The van der Waals surface area contributed by atoms with Crippen molar-refractivity contribution in [2.75, 3.05) is 30.2 Å². The monoisotopic (exact) mass is 513 g/mol. The maximum atomic E-state index is 12.9. The van der Waals surface area contributed by atoms with Gasteiger partial charge in [0.05, 0.1) is 13.2 Å². The molecular formula is C25H31N5O3S2. The van der Waals surface area contributed by atoms with Gasteiger partial charge in [-0.05, 0) is 61.8 Å². The Labute approximate surface area is 214 Å². The summed E-state index contributed by atoms with van der Waals surface area (Å²) in [5.74, 6) is 2.65. The topological polar surface area (TPSA) is 98.1 Å². The molecule has 3 rings (SSSR count). The van der Waals surface area contributed by atoms with Crippen LogP contribution in [0.25, 0.3) is 0 Å². The van der Waals surface area contributed by atoms with Crippen LogP contribution in [0, 0.1) is 0 Å². The lowest BCUT2D eigenvalue weighted by atomic mass is 10.1. The molecule has 1 atom stereocenters. The summed E-state index contributed by atoms with van der Waals surface area (Å²) in [6.07, 6.45) is 3.12. The van der Waals surface area contributed by atoms with Crippen LogP contribution < -0.4 is 15.4 Å². The summed E-state index contributed by atoms with van der Waals surface area (Å²) >= 11 is 3.20. The standard InChI is InChI=1S/C25H31N5O3S2/c1-4-30-23(21(14-16-34-3)27-24(32)18-10-12-20(33-2)13-11-18)28-29-25(30)35-17-15-22(31)26-19-8-6-5-7-9-19/h5-13,21H,4,14-17H2,1-3H3,(H,26,31)(H,27,32). The number of ether oxygens (including phenoxy) is 1. The molecule has 0 radical (unpaired) electrons. The molecule has 2 amide bonds. The normalized spacial score (nSPS) is 11.6. The highest BCUT2D eigenvalue weighted by molar-refractivity contribution is 7.99. The molecule has 0 aliphatic carbocycles. The van der Waals surface area contributed by atoms with E-state index in [-0.39, 0.29) is 17.9 Å². The summed E-state index contributed by atoms with van der Waals surface area (Å²) in [6, 6.07) is 16.1. The van der Waals surface area contributed by atoms with Gasteiger partial charge in [-0.15, -0.1) is 10.2 Å². The lowest BCUT2D eigenvalue weighted by Crippen LogP contribution is -2.31. The SMILES string of the molecule is CCn1c(SCCC(=O)Nc2ccccc2)nnc1C(CCSC)NC(=O)c1ccc(OC)cc1. The number of amides is 2. The Hall–Kier alpha value is -2.98. The molecule has 0 bridgehead atoms. The first-order chi connectivity index (χ1) is 17.0. The molecule has 1 heterocycles. The summed E-state index contributed by atoms with van der Waals surface area (Å²) in [6.45, 7) is 2.69. The second kappa shape index (κ2) is 13.8. The third-order valence-electron chi connectivity index (χ3n) is 5.26. The van der Waals surface area contributed by atoms with Crippen LogP contribution in [-0.2, 0) is 11.3 Å². The van der Waals surface area contributed by atoms with E-state index < -0.39 is 0 Å². The Balaban J connectivity index is 1.65. The van der Waals surface area contributed by atoms with Crippen molar-refractivity contribution < 1.29 is 14.3 Å². The van der Waals surface area contributed by atoms with Crippen LogP contribution in [0.4, 0.5) is 5.69 Å². The van der Waals surface area contributed by atoms with Gasteiger partial charge in [0.25, 0.3) is 5.91 Å². The average Bonchev–Trinajstić information content (AvgIpc) is 3.29. The predicted molar refractivity (Wildman–Crippen MR) is 142 cm³/mol. The zero-order valence-electron chi connectivity index (χ0n) is 20.2. The molecule has 2 aromatic carbocycles. The Morgan fingerprint density at radius 3 is 2.46 bits per heavy atom. The molecule has 10 heteroatoms. The Morgan fingerprint density at radius 2 is 1.80 bits per heavy atom. The number of nitrogens with one attached hydrogen (secondary N) is 2. The van der Waals surface area contributed by atoms with Crippen molar-refractivity contribution in [2.45, 2.75) is 37.5 Å². The molecule has 0 aliphatic rings. The smallest absolute Gasteiger partial charge is 0.251 e. The van der Waals surface area contributed by atoms with E-state index in [4.69, 9.17) is 4.74 Å². The summed E-state index contributed by atoms with van der Waals surface area (Å²) in [5, 5.41) is 15.6. The minimum Gasteiger partial charge on any atom is -0.497 e. The fraction of sp³-hybridized carbons (Fsp3) is 0.360. The van der Waals surface area contributed by atoms with Gasteiger partial charge < -0.3 is 19.9 Å². The largest absolute Gasteiger partial charge is 0.497 e. The van der Waals surface area contributed by atoms with Crippen LogP contribution in [0.3, 0.4) is 0 Å². The molecular weight excluding hydrogens is 482 g/mol. The molecule has 0 spiro atoms. The molecule has 0 fully saturated rings. The lowest BCUT2D eigenvalue weighted by molar-refractivity contribution is -0.115. The zero-order chi connectivity index (χ0) is 25.0. The number of para-hydroxylation sites is 1. The van der Waals surface area contributed by atoms with Crippen LogP contribution in [0.15, 0.2) is 59.8 Å². The minimum absolute atomic E-state index is 0.0453. The van der Waals surface area contributed by atoms with Crippen molar-refractivity contribution in [1.82, 2.24) is 20.1 Å². The van der Waals surface area contributed by atoms with Gasteiger partial charge in [0.15, 0.2) is 11.0 Å². The predicted octanol–water partition coefficient (Wildman–Crippen LogP) is 4.65. The highest BCUT2D eigenvalue weighted by atomic mass is 32.2. The van der Waals surface area contributed by atoms with Crippen LogP contribution in [0.1, 0.15) is 42.0 Å². The number of rotatable bonds is 13. The van der Waals surface area contributed by atoms with E-state index in [9.17, 15) is 9.59 Å². The van der Waals surface area contributed by atoms with Gasteiger partial charge in [-0.25, -0.2) is 0 Å². The van der Waals surface area contributed by atoms with Crippen LogP contribution in [-0.4, -0.2) is 51.5 Å². The van der Waals surface area contributed by atoms with E-state index in [1.165, 1.54) is 11.8 Å². The van der Waals surface area contributed by atoms with E-state index in [1.54, 1.807) is 43.1 Å². The van der Waals surface area contributed by atoms with E-state index in [1.807, 2.05) is 48.1 Å². The van der Waals surface area contributed by atoms with Gasteiger partial charge in [-0.1, -0.05) is 30.0 Å². The van der Waals surface area contributed by atoms with E-state index in [0.717, 1.165) is 28.8 Å². The molecule has 0 saturated heterocycles. The van der Waals surface area contributed by atoms with Gasteiger partial charge in [0, 0.05) is 30.0 Å². The maximum absolute atomic E-state index is 12.9. The highest BCUT2D eigenvalue weighted by Gasteiger charge is 2.23. The van der Waals surface area contributed by atoms with E-state index >= 15 is 0 Å². The number of hydrogen-bond acceptors (Lipinski definition) is 7. The third-order valence-corrected chi connectivity index (χ3v) is 6.87. The zero-order valence-corrected chi connectivity index (χ0v) is 21.8. The number of anilines is 1. The second-order valence-electron chi connectivity index (χ2n) is 7.63. The number of methoxy groups -OCH3 is 1. The van der Waals surface area contributed by atoms with Gasteiger partial charge in [0.1, 0.15) is 5.75 Å². The van der Waals surface area contributed by atoms with Crippen LogP contribution in [0.2, 0.25) is 0 Å². The van der Waals surface area contributed by atoms with E-state index in [0.29, 0.717) is 30.0 Å². The average molecular weight is 514 g/mol. The highest BCUT2D eigenvalue weighted by Crippen LogP contribution is 2.24. The summed E-state index contributed by atoms with van der Waals surface area (Å²) in [7, 11) is 1.59. The number of thioether (sulfide) groups is 2. The van der Waals surface area contributed by atoms with Crippen molar-refractivity contribution >= 4 is 41.0 Å². The molecule has 0 aliphatic heterocycles. The van der Waals surface area contributed by atoms with Crippen molar-refractivity contribution in [3.8, 4) is 5.75 Å². The van der Waals surface area contributed by atoms with Crippen LogP contribution >= 0.6 is 23.5 Å². The van der Waals surface area contributed by atoms with Crippen molar-refractivity contribution in [2.24, 2.45) is 0 Å². The fourth-order valence-electron chi connectivity index (χ4n) is 3.43. The molecule has 8 nitrogen and oxygen atoms in total. The first-order valence-electron chi connectivity index (χ1n) is 11.4. The quantitative estimate of drug-likeness (QED) is 0.321. The molecule has 35 heavy (non-hydrogen) atoms.